The number of anilines is 4. The molecule has 9 rings (SSSR count). The van der Waals surface area contributed by atoms with E-state index in [4.69, 9.17) is 39.7 Å². The van der Waals surface area contributed by atoms with Crippen molar-refractivity contribution >= 4 is 52.4 Å². The number of hydrogen-bond acceptors (Lipinski definition) is 14. The second kappa shape index (κ2) is 20.9. The van der Waals surface area contributed by atoms with Crippen LogP contribution in [0.5, 0.6) is 17.2 Å². The predicted molar refractivity (Wildman–Crippen MR) is 260 cm³/mol. The van der Waals surface area contributed by atoms with Crippen molar-refractivity contribution in [1.82, 2.24) is 19.9 Å². The van der Waals surface area contributed by atoms with Crippen LogP contribution in [0, 0.1) is 24.7 Å². The Morgan fingerprint density at radius 3 is 1.45 bits per heavy atom. The molecule has 69 heavy (non-hydrogen) atoms. The van der Waals surface area contributed by atoms with Crippen LogP contribution in [0.25, 0.3) is 22.8 Å². The van der Waals surface area contributed by atoms with Gasteiger partial charge in [-0.25, -0.2) is 24.7 Å². The summed E-state index contributed by atoms with van der Waals surface area (Å²) >= 11 is 0. The molecule has 0 saturated heterocycles. The normalized spacial score (nSPS) is 12.4. The lowest BCUT2D eigenvalue weighted by molar-refractivity contribution is -0.117. The van der Waals surface area contributed by atoms with Crippen molar-refractivity contribution in [2.75, 3.05) is 36.2 Å². The highest BCUT2D eigenvalue weighted by Crippen LogP contribution is 2.40. The predicted octanol–water partition coefficient (Wildman–Crippen LogP) is 9.09. The molecule has 5 aromatic carbocycles. The number of ether oxygens (including phenoxy) is 4. The first-order valence-electron chi connectivity index (χ1n) is 22.2. The zero-order valence-corrected chi connectivity index (χ0v) is 38.4. The molecule has 2 aliphatic rings. The van der Waals surface area contributed by atoms with Gasteiger partial charge >= 0.3 is 6.16 Å². The Balaban J connectivity index is 0.000000192. The highest BCUT2D eigenvalue weighted by atomic mass is 16.7. The Labute approximate surface area is 398 Å². The largest absolute Gasteiger partial charge is 0.514 e. The lowest BCUT2D eigenvalue weighted by Gasteiger charge is -2.20. The summed E-state index contributed by atoms with van der Waals surface area (Å²) in [5, 5.41) is 26.5. The molecule has 0 bridgehead atoms. The Hall–Kier alpha value is -8.63. The smallest absolute Gasteiger partial charge is 0.494 e. The summed E-state index contributed by atoms with van der Waals surface area (Å²) in [6.07, 6.45) is -0.842. The van der Waals surface area contributed by atoms with E-state index in [-0.39, 0.29) is 41.8 Å². The van der Waals surface area contributed by atoms with E-state index < -0.39 is 19.4 Å². The zero-order chi connectivity index (χ0) is 48.6. The van der Waals surface area contributed by atoms with Crippen LogP contribution in [-0.2, 0) is 27.2 Å². The number of benzene rings is 5. The molecular formula is C53H48N8O8. The molecule has 7 aromatic rings. The first-order valence-corrected chi connectivity index (χ1v) is 22.2. The van der Waals surface area contributed by atoms with E-state index in [9.17, 15) is 19.5 Å². The van der Waals surface area contributed by atoms with Crippen LogP contribution in [0.4, 0.5) is 27.8 Å². The molecule has 348 valence electrons. The van der Waals surface area contributed by atoms with E-state index in [0.29, 0.717) is 76.1 Å². The van der Waals surface area contributed by atoms with Gasteiger partial charge in [0.2, 0.25) is 11.8 Å². The fourth-order valence-electron chi connectivity index (χ4n) is 7.84. The van der Waals surface area contributed by atoms with Crippen molar-refractivity contribution in [1.29, 1.82) is 10.8 Å². The van der Waals surface area contributed by atoms with Gasteiger partial charge < -0.3 is 29.5 Å². The number of amides is 2. The summed E-state index contributed by atoms with van der Waals surface area (Å²) in [7, 11) is 0. The summed E-state index contributed by atoms with van der Waals surface area (Å²) < 4.78 is 21.4. The van der Waals surface area contributed by atoms with E-state index in [0.717, 1.165) is 28.1 Å². The summed E-state index contributed by atoms with van der Waals surface area (Å²) in [5.74, 6) is 3.03. The van der Waals surface area contributed by atoms with Crippen molar-refractivity contribution in [3.8, 4) is 40.0 Å². The number of fused-ring (bicyclic) bond motifs is 2. The molecule has 0 spiro atoms. The van der Waals surface area contributed by atoms with Gasteiger partial charge in [0.05, 0.1) is 66.8 Å². The summed E-state index contributed by atoms with van der Waals surface area (Å²) in [6, 6.07) is 38.3. The molecule has 0 fully saturated rings. The van der Waals surface area contributed by atoms with Crippen LogP contribution >= 0.6 is 0 Å². The number of aliphatic hydroxyl groups is 1. The molecule has 0 unspecified atom stereocenters. The van der Waals surface area contributed by atoms with E-state index in [1.54, 1.807) is 40.1 Å². The Kier molecular flexibility index (Phi) is 14.2. The van der Waals surface area contributed by atoms with Gasteiger partial charge in [0.1, 0.15) is 35.5 Å². The molecule has 0 saturated carbocycles. The van der Waals surface area contributed by atoms with Crippen LogP contribution < -0.4 is 24.0 Å². The Morgan fingerprint density at radius 1 is 0.580 bits per heavy atom. The third-order valence-electron chi connectivity index (χ3n) is 11.1. The molecule has 3 N–H and O–H groups in total. The van der Waals surface area contributed by atoms with Crippen molar-refractivity contribution in [2.24, 2.45) is 0 Å². The van der Waals surface area contributed by atoms with E-state index in [2.05, 4.69) is 9.97 Å². The Bertz CT molecular complexity index is 3070. The van der Waals surface area contributed by atoms with Crippen molar-refractivity contribution in [2.45, 2.75) is 40.5 Å². The highest BCUT2D eigenvalue weighted by Gasteiger charge is 2.37. The first kappa shape index (κ1) is 46.9. The van der Waals surface area contributed by atoms with Gasteiger partial charge in [-0.15, -0.1) is 0 Å². The maximum Gasteiger partial charge on any atom is 0.514 e. The second-order valence-electron chi connectivity index (χ2n) is 15.8. The third-order valence-corrected chi connectivity index (χ3v) is 11.1. The van der Waals surface area contributed by atoms with Crippen LogP contribution in [-0.4, -0.2) is 80.9 Å². The van der Waals surface area contributed by atoms with Crippen LogP contribution in [0.2, 0.25) is 0 Å². The third kappa shape index (κ3) is 10.2. The zero-order valence-electron chi connectivity index (χ0n) is 38.4. The van der Waals surface area contributed by atoms with Crippen molar-refractivity contribution < 1.29 is 38.4 Å². The molecular weight excluding hydrogens is 877 g/mol. The average molecular weight is 925 g/mol. The molecule has 0 aliphatic carbocycles. The van der Waals surface area contributed by atoms with Crippen molar-refractivity contribution in [3.63, 3.8) is 0 Å². The molecule has 2 amide bonds. The number of nitrogens with zero attached hydrogens (tertiary/aromatic N) is 6. The van der Waals surface area contributed by atoms with Gasteiger partial charge in [-0.2, -0.15) is 0 Å². The van der Waals surface area contributed by atoms with Gasteiger partial charge in [-0.3, -0.25) is 24.8 Å². The van der Waals surface area contributed by atoms with Crippen LogP contribution in [0.15, 0.2) is 127 Å². The van der Waals surface area contributed by atoms with Gasteiger partial charge in [0, 0.05) is 22.3 Å². The highest BCUT2D eigenvalue weighted by molar-refractivity contribution is 6.12. The molecule has 0 atom stereocenters. The lowest BCUT2D eigenvalue weighted by Crippen LogP contribution is -2.22. The standard InChI is InChI=1S/C30H26N4O5.C23H22N4O3/c1-3-37-21-15-13-20(14-16-21)28-32-27(24(31)18-38-30(36)39-22-10-5-4-6-11-22)23-17-26(35)34(29(23)33-28)25-12-8-7-9-19(25)2;1-3-30-16-10-8-15(9-11-16)22-25-21(18(24)13-28)17-12-20(29)27(23(17)26-22)19-7-5-4-6-14(19)2/h4-16,31H,3,17-18H2,1-2H3;4-11,24,28H,3,12-13H2,1-2H3. The number of aromatic nitrogens is 4. The molecule has 0 radical (unpaired) electrons. The number of carbonyl (C=O) groups is 3. The number of rotatable bonds is 14. The number of carbonyl (C=O) groups excluding carboxylic acids is 3. The quantitative estimate of drug-likeness (QED) is 0.0529. The maximum atomic E-state index is 13.3. The van der Waals surface area contributed by atoms with Crippen LogP contribution in [0.1, 0.15) is 47.5 Å². The maximum absolute atomic E-state index is 13.3. The van der Waals surface area contributed by atoms with E-state index >= 15 is 0 Å². The number of para-hydroxylation sites is 3. The molecule has 2 aromatic heterocycles. The minimum Gasteiger partial charge on any atom is -0.494 e. The average Bonchev–Trinajstić information content (AvgIpc) is 3.88. The summed E-state index contributed by atoms with van der Waals surface area (Å²) in [6.45, 7) is 7.93. The molecule has 16 nitrogen and oxygen atoms in total. The molecule has 4 heterocycles. The fourth-order valence-corrected chi connectivity index (χ4v) is 7.84. The topological polar surface area (TPSA) is 214 Å². The van der Waals surface area contributed by atoms with E-state index in [1.807, 2.05) is 125 Å². The van der Waals surface area contributed by atoms with Gasteiger partial charge in [0.25, 0.3) is 0 Å². The number of aliphatic hydroxyl groups excluding tert-OH is 1. The molecule has 2 aliphatic heterocycles. The van der Waals surface area contributed by atoms with Gasteiger partial charge in [-0.1, -0.05) is 54.6 Å². The lowest BCUT2D eigenvalue weighted by atomic mass is 10.1. The van der Waals surface area contributed by atoms with Gasteiger partial charge in [0.15, 0.2) is 11.6 Å². The fraction of sp³-hybridized carbons (Fsp3) is 0.189. The number of aryl methyl sites for hydroxylation is 2. The van der Waals surface area contributed by atoms with Gasteiger partial charge in [-0.05, 0) is 112 Å². The van der Waals surface area contributed by atoms with Crippen molar-refractivity contribution in [3.05, 3.63) is 161 Å². The Morgan fingerprint density at radius 2 is 1.01 bits per heavy atom. The summed E-state index contributed by atoms with van der Waals surface area (Å²) in [4.78, 5) is 60.2. The van der Waals surface area contributed by atoms with E-state index in [1.165, 1.54) is 0 Å². The number of nitrogens with one attached hydrogen (secondary N) is 2. The minimum atomic E-state index is -0.944. The minimum absolute atomic E-state index is 0.0133. The first-order chi connectivity index (χ1) is 33.5. The number of hydrogen-bond donors (Lipinski definition) is 3. The van der Waals surface area contributed by atoms with Crippen LogP contribution in [0.3, 0.4) is 0 Å². The monoisotopic (exact) mass is 924 g/mol. The molecule has 16 heteroatoms. The SMILES string of the molecule is CCOc1ccc(-c2nc(C(=N)CO)c3c(n2)N(c2ccccc2C)C(=O)C3)cc1.CCOc1ccc(-c2nc(C(=N)COC(=O)Oc3ccccc3)c3c(n2)N(c2ccccc2C)C(=O)C3)cc1. The second-order valence-corrected chi connectivity index (χ2v) is 15.8. The summed E-state index contributed by atoms with van der Waals surface area (Å²) in [5.41, 5.74) is 6.21.